The Hall–Kier alpha value is -2.86. The third-order valence-electron chi connectivity index (χ3n) is 4.86. The first-order valence-corrected chi connectivity index (χ1v) is 10.7. The summed E-state index contributed by atoms with van der Waals surface area (Å²) in [5, 5.41) is 4.79. The molecule has 0 radical (unpaired) electrons. The molecule has 30 heavy (non-hydrogen) atoms. The molecule has 0 fully saturated rings. The zero-order valence-electron chi connectivity index (χ0n) is 17.1. The Balaban J connectivity index is 1.79. The van der Waals surface area contributed by atoms with Crippen molar-refractivity contribution in [1.29, 1.82) is 0 Å². The van der Waals surface area contributed by atoms with Crippen molar-refractivity contribution in [2.45, 2.75) is 26.4 Å². The van der Waals surface area contributed by atoms with E-state index in [9.17, 15) is 9.59 Å². The molecule has 0 spiro atoms. The Morgan fingerprint density at radius 2 is 1.80 bits per heavy atom. The fourth-order valence-electron chi connectivity index (χ4n) is 3.28. The zero-order valence-corrected chi connectivity index (χ0v) is 18.7. The number of halogens is 1. The Kier molecular flexibility index (Phi) is 7.46. The van der Waals surface area contributed by atoms with Crippen LogP contribution in [0.3, 0.4) is 0 Å². The minimum absolute atomic E-state index is 0.147. The largest absolute Gasteiger partial charge is 0.483 e. The molecule has 0 saturated heterocycles. The first kappa shape index (κ1) is 21.8. The van der Waals surface area contributed by atoms with E-state index in [4.69, 9.17) is 4.74 Å². The number of ether oxygens (including phenoxy) is 1. The van der Waals surface area contributed by atoms with Gasteiger partial charge >= 0.3 is 0 Å². The van der Waals surface area contributed by atoms with E-state index in [1.807, 2.05) is 73.7 Å². The molecular weight excluding hydrogens is 444 g/mol. The molecular formula is C24H25BrN2O3. The molecule has 0 heterocycles. The highest BCUT2D eigenvalue weighted by Crippen LogP contribution is 2.25. The van der Waals surface area contributed by atoms with Crippen LogP contribution in [0.5, 0.6) is 5.75 Å². The summed E-state index contributed by atoms with van der Waals surface area (Å²) in [6, 6.07) is 20.7. The number of carbonyl (C=O) groups excluding carboxylic acids is 2. The van der Waals surface area contributed by atoms with Crippen LogP contribution >= 0.6 is 15.9 Å². The number of hydrogen-bond acceptors (Lipinski definition) is 3. The lowest BCUT2D eigenvalue weighted by Crippen LogP contribution is -2.49. The summed E-state index contributed by atoms with van der Waals surface area (Å²) in [5.74, 6) is 0.210. The van der Waals surface area contributed by atoms with Crippen LogP contribution in [-0.2, 0) is 16.1 Å². The molecule has 0 aromatic heterocycles. The number of nitrogens with zero attached hydrogens (tertiary/aromatic N) is 1. The zero-order chi connectivity index (χ0) is 21.5. The fourth-order valence-corrected chi connectivity index (χ4v) is 3.73. The van der Waals surface area contributed by atoms with Crippen LogP contribution in [0.1, 0.15) is 19.4 Å². The number of rotatable bonds is 8. The summed E-state index contributed by atoms with van der Waals surface area (Å²) < 4.78 is 6.80. The number of likely N-dealkylation sites (N-methyl/N-ethyl adjacent to an activating group) is 1. The molecule has 156 valence electrons. The number of nitrogens with one attached hydrogen (secondary N) is 1. The summed E-state index contributed by atoms with van der Waals surface area (Å²) in [7, 11) is 0. The molecule has 5 nitrogen and oxygen atoms in total. The maximum absolute atomic E-state index is 13.1. The number of amides is 2. The van der Waals surface area contributed by atoms with E-state index in [1.165, 1.54) is 0 Å². The number of fused-ring (bicyclic) bond motifs is 1. The van der Waals surface area contributed by atoms with Gasteiger partial charge in [-0.3, -0.25) is 9.59 Å². The first-order valence-electron chi connectivity index (χ1n) is 9.91. The second kappa shape index (κ2) is 10.3. The van der Waals surface area contributed by atoms with E-state index in [0.29, 0.717) is 18.8 Å². The van der Waals surface area contributed by atoms with Crippen molar-refractivity contribution >= 4 is 38.5 Å². The molecule has 1 N–H and O–H groups in total. The molecule has 0 aliphatic rings. The molecule has 0 unspecified atom stereocenters. The fraction of sp³-hybridized carbons (Fsp3) is 0.250. The molecule has 0 aliphatic carbocycles. The van der Waals surface area contributed by atoms with Crippen LogP contribution in [0.2, 0.25) is 0 Å². The molecule has 3 aromatic carbocycles. The second-order valence-corrected chi connectivity index (χ2v) is 7.90. The lowest BCUT2D eigenvalue weighted by atomic mass is 10.1. The highest BCUT2D eigenvalue weighted by Gasteiger charge is 2.26. The average Bonchev–Trinajstić information content (AvgIpc) is 2.75. The van der Waals surface area contributed by atoms with Crippen molar-refractivity contribution in [2.24, 2.45) is 0 Å². The van der Waals surface area contributed by atoms with E-state index < -0.39 is 6.04 Å². The minimum Gasteiger partial charge on any atom is -0.483 e. The lowest BCUT2D eigenvalue weighted by molar-refractivity contribution is -0.142. The van der Waals surface area contributed by atoms with Gasteiger partial charge in [-0.1, -0.05) is 64.5 Å². The van der Waals surface area contributed by atoms with Gasteiger partial charge in [-0.15, -0.1) is 0 Å². The molecule has 0 saturated carbocycles. The average molecular weight is 469 g/mol. The van der Waals surface area contributed by atoms with E-state index in [1.54, 1.807) is 11.8 Å². The van der Waals surface area contributed by atoms with Crippen molar-refractivity contribution in [2.75, 3.05) is 13.2 Å². The van der Waals surface area contributed by atoms with Crippen molar-refractivity contribution in [3.63, 3.8) is 0 Å². The van der Waals surface area contributed by atoms with Crippen LogP contribution in [0.25, 0.3) is 10.8 Å². The smallest absolute Gasteiger partial charge is 0.261 e. The van der Waals surface area contributed by atoms with Crippen LogP contribution in [0, 0.1) is 0 Å². The highest BCUT2D eigenvalue weighted by molar-refractivity contribution is 9.10. The molecule has 0 bridgehead atoms. The quantitative estimate of drug-likeness (QED) is 0.527. The Morgan fingerprint density at radius 1 is 1.07 bits per heavy atom. The predicted octanol–water partition coefficient (Wildman–Crippen LogP) is 4.53. The third-order valence-corrected chi connectivity index (χ3v) is 5.35. The molecule has 6 heteroatoms. The van der Waals surface area contributed by atoms with Crippen LogP contribution < -0.4 is 10.1 Å². The van der Waals surface area contributed by atoms with Gasteiger partial charge in [0, 0.05) is 22.9 Å². The molecule has 0 aliphatic heterocycles. The van der Waals surface area contributed by atoms with Gasteiger partial charge in [-0.05, 0) is 43.0 Å². The van der Waals surface area contributed by atoms with Gasteiger partial charge < -0.3 is 15.0 Å². The normalized spacial score (nSPS) is 11.7. The van der Waals surface area contributed by atoms with E-state index >= 15 is 0 Å². The topological polar surface area (TPSA) is 58.6 Å². The lowest BCUT2D eigenvalue weighted by Gasteiger charge is -2.28. The number of benzene rings is 3. The molecule has 3 aromatic rings. The standard InChI is InChI=1S/C24H25BrN2O3/c1-3-26-24(29)17(2)27(15-18-8-6-11-20(25)14-18)23(28)16-30-22-13-7-10-19-9-4-5-12-21(19)22/h4-14,17H,3,15-16H2,1-2H3,(H,26,29)/t17-/m1/s1. The third kappa shape index (κ3) is 5.39. The van der Waals surface area contributed by atoms with Gasteiger partial charge in [0.05, 0.1) is 0 Å². The second-order valence-electron chi connectivity index (χ2n) is 6.99. The summed E-state index contributed by atoms with van der Waals surface area (Å²) in [6.45, 7) is 4.27. The Morgan fingerprint density at radius 3 is 2.57 bits per heavy atom. The van der Waals surface area contributed by atoms with Gasteiger partial charge in [0.15, 0.2) is 6.61 Å². The van der Waals surface area contributed by atoms with Gasteiger partial charge in [-0.2, -0.15) is 0 Å². The predicted molar refractivity (Wildman–Crippen MR) is 122 cm³/mol. The monoisotopic (exact) mass is 468 g/mol. The van der Waals surface area contributed by atoms with Gasteiger partial charge in [-0.25, -0.2) is 0 Å². The van der Waals surface area contributed by atoms with E-state index in [-0.39, 0.29) is 18.4 Å². The maximum atomic E-state index is 13.1. The number of hydrogen-bond donors (Lipinski definition) is 1. The van der Waals surface area contributed by atoms with Crippen LogP contribution in [0.15, 0.2) is 71.2 Å². The Labute approximate surface area is 185 Å². The van der Waals surface area contributed by atoms with Gasteiger partial charge in [0.1, 0.15) is 11.8 Å². The van der Waals surface area contributed by atoms with Gasteiger partial charge in [0.2, 0.25) is 5.91 Å². The highest BCUT2D eigenvalue weighted by atomic mass is 79.9. The molecule has 1 atom stereocenters. The van der Waals surface area contributed by atoms with Crippen LogP contribution in [0.4, 0.5) is 0 Å². The number of carbonyl (C=O) groups is 2. The summed E-state index contributed by atoms with van der Waals surface area (Å²) in [4.78, 5) is 27.1. The molecule has 3 rings (SSSR count). The SMILES string of the molecule is CCNC(=O)[C@@H](C)N(Cc1cccc(Br)c1)C(=O)COc1cccc2ccccc12. The van der Waals surface area contributed by atoms with Crippen molar-refractivity contribution < 1.29 is 14.3 Å². The minimum atomic E-state index is -0.618. The summed E-state index contributed by atoms with van der Waals surface area (Å²) in [6.07, 6.45) is 0. The van der Waals surface area contributed by atoms with Crippen molar-refractivity contribution in [1.82, 2.24) is 10.2 Å². The van der Waals surface area contributed by atoms with Crippen molar-refractivity contribution in [3.05, 3.63) is 76.8 Å². The van der Waals surface area contributed by atoms with E-state index in [2.05, 4.69) is 21.2 Å². The van der Waals surface area contributed by atoms with Crippen molar-refractivity contribution in [3.8, 4) is 5.75 Å². The van der Waals surface area contributed by atoms with Gasteiger partial charge in [0.25, 0.3) is 5.91 Å². The maximum Gasteiger partial charge on any atom is 0.261 e. The molecule has 2 amide bonds. The van der Waals surface area contributed by atoms with Crippen LogP contribution in [-0.4, -0.2) is 35.9 Å². The van der Waals surface area contributed by atoms with E-state index in [0.717, 1.165) is 20.8 Å². The first-order chi connectivity index (χ1) is 14.5. The summed E-state index contributed by atoms with van der Waals surface area (Å²) in [5.41, 5.74) is 0.930. The Bertz CT molecular complexity index is 1030. The summed E-state index contributed by atoms with van der Waals surface area (Å²) >= 11 is 3.46.